The SMILES string of the molecule is CSc1nc(NS(C)(=O)=O)n(-c2cc(SOOO)ccc2S(=O)(=O)O)n1. The summed E-state index contributed by atoms with van der Waals surface area (Å²) < 4.78 is 63.2. The lowest BCUT2D eigenvalue weighted by Gasteiger charge is -2.11. The smallest absolute Gasteiger partial charge is 0.282 e. The lowest BCUT2D eigenvalue weighted by molar-refractivity contribution is -0.432. The van der Waals surface area contributed by atoms with Crippen LogP contribution in [0.25, 0.3) is 5.69 Å². The fourth-order valence-corrected chi connectivity index (χ4v) is 3.61. The number of hydrogen-bond donors (Lipinski definition) is 3. The van der Waals surface area contributed by atoms with E-state index in [-0.39, 0.29) is 21.7 Å². The minimum Gasteiger partial charge on any atom is -0.282 e. The number of sulfonamides is 1. The van der Waals surface area contributed by atoms with Crippen LogP contribution in [0.15, 0.2) is 33.1 Å². The molecule has 0 saturated heterocycles. The highest BCUT2D eigenvalue weighted by molar-refractivity contribution is 7.98. The summed E-state index contributed by atoms with van der Waals surface area (Å²) in [6, 6.07) is 3.50. The molecular weight excluding hydrogens is 432 g/mol. The first-order chi connectivity index (χ1) is 12.0. The van der Waals surface area contributed by atoms with Crippen LogP contribution in [0.2, 0.25) is 0 Å². The molecular formula is C10H12N4O8S4. The van der Waals surface area contributed by atoms with Gasteiger partial charge in [-0.3, -0.25) is 9.27 Å². The van der Waals surface area contributed by atoms with Crippen molar-refractivity contribution < 1.29 is 36.0 Å². The minimum atomic E-state index is -4.68. The quantitative estimate of drug-likeness (QED) is 0.174. The van der Waals surface area contributed by atoms with Gasteiger partial charge in [-0.2, -0.15) is 18.1 Å². The van der Waals surface area contributed by atoms with Crippen LogP contribution < -0.4 is 4.72 Å². The normalized spacial score (nSPS) is 12.3. The molecule has 2 aromatic rings. The molecule has 0 spiro atoms. The molecule has 1 aromatic carbocycles. The molecule has 0 atom stereocenters. The monoisotopic (exact) mass is 444 g/mol. The van der Waals surface area contributed by atoms with E-state index < -0.39 is 25.0 Å². The van der Waals surface area contributed by atoms with E-state index >= 15 is 0 Å². The highest BCUT2D eigenvalue weighted by atomic mass is 32.2. The number of hydrogen-bond acceptors (Lipinski definition) is 11. The summed E-state index contributed by atoms with van der Waals surface area (Å²) in [5.41, 5.74) is -0.210. The molecule has 12 nitrogen and oxygen atoms in total. The first-order valence-electron chi connectivity index (χ1n) is 6.30. The van der Waals surface area contributed by atoms with E-state index in [4.69, 9.17) is 5.26 Å². The standard InChI is InChI=1S/C10H12N4O8S4/c1-23-10-11-9(13-25(2,16)17)14(12-10)7-5-6(24-22-21-15)3-4-8(7)26(18,19)20/h3-5,15H,1-2H3,(H,11,12,13)(H,18,19,20). The van der Waals surface area contributed by atoms with Gasteiger partial charge in [-0.15, -0.1) is 9.43 Å². The van der Waals surface area contributed by atoms with Gasteiger partial charge in [0, 0.05) is 4.90 Å². The Kier molecular flexibility index (Phi) is 6.51. The van der Waals surface area contributed by atoms with Gasteiger partial charge < -0.3 is 0 Å². The zero-order chi connectivity index (χ0) is 19.5. The first-order valence-corrected chi connectivity index (χ1v) is 11.6. The molecule has 0 amide bonds. The van der Waals surface area contributed by atoms with Gasteiger partial charge in [-0.05, 0) is 24.5 Å². The second-order valence-electron chi connectivity index (χ2n) is 4.54. The number of anilines is 1. The number of thioether (sulfide) groups is 1. The zero-order valence-electron chi connectivity index (χ0n) is 13.1. The van der Waals surface area contributed by atoms with Crippen LogP contribution in [0.1, 0.15) is 0 Å². The van der Waals surface area contributed by atoms with Gasteiger partial charge in [0.25, 0.3) is 10.1 Å². The van der Waals surface area contributed by atoms with Gasteiger partial charge in [-0.25, -0.2) is 13.7 Å². The Bertz CT molecular complexity index is 1000. The highest BCUT2D eigenvalue weighted by Crippen LogP contribution is 2.30. The molecule has 0 saturated carbocycles. The average molecular weight is 444 g/mol. The fraction of sp³-hybridized carbons (Fsp3) is 0.200. The van der Waals surface area contributed by atoms with E-state index in [1.807, 2.05) is 0 Å². The summed E-state index contributed by atoms with van der Waals surface area (Å²) in [7, 11) is -8.43. The first kappa shape index (κ1) is 20.9. The molecule has 144 valence electrons. The third-order valence-corrected chi connectivity index (χ3v) is 5.21. The maximum atomic E-state index is 11.7. The lowest BCUT2D eigenvalue weighted by atomic mass is 10.3. The van der Waals surface area contributed by atoms with E-state index in [1.165, 1.54) is 12.1 Å². The fourth-order valence-electron chi connectivity index (χ4n) is 1.77. The molecule has 0 unspecified atom stereocenters. The van der Waals surface area contributed by atoms with Gasteiger partial charge in [0.2, 0.25) is 21.1 Å². The highest BCUT2D eigenvalue weighted by Gasteiger charge is 2.23. The number of rotatable bonds is 8. The lowest BCUT2D eigenvalue weighted by Crippen LogP contribution is -2.16. The van der Waals surface area contributed by atoms with Crippen molar-refractivity contribution in [1.29, 1.82) is 0 Å². The Morgan fingerprint density at radius 3 is 2.50 bits per heavy atom. The van der Waals surface area contributed by atoms with E-state index in [2.05, 4.69) is 24.2 Å². The molecule has 26 heavy (non-hydrogen) atoms. The van der Waals surface area contributed by atoms with Gasteiger partial charge in [0.05, 0.1) is 24.0 Å². The van der Waals surface area contributed by atoms with Crippen LogP contribution in [-0.4, -0.2) is 53.9 Å². The minimum absolute atomic E-state index is 0.144. The van der Waals surface area contributed by atoms with Crippen molar-refractivity contribution in [2.45, 2.75) is 14.9 Å². The van der Waals surface area contributed by atoms with Crippen LogP contribution in [0.3, 0.4) is 0 Å². The second-order valence-corrected chi connectivity index (χ2v) is 9.22. The molecule has 2 rings (SSSR count). The molecule has 1 heterocycles. The van der Waals surface area contributed by atoms with Gasteiger partial charge in [0.1, 0.15) is 4.90 Å². The molecule has 0 bridgehead atoms. The summed E-state index contributed by atoms with van der Waals surface area (Å²) in [6.45, 7) is 0. The molecule has 0 aliphatic carbocycles. The van der Waals surface area contributed by atoms with Crippen LogP contribution in [0.5, 0.6) is 0 Å². The van der Waals surface area contributed by atoms with E-state index in [0.29, 0.717) is 12.0 Å². The average Bonchev–Trinajstić information content (AvgIpc) is 2.92. The van der Waals surface area contributed by atoms with Crippen molar-refractivity contribution >= 4 is 49.9 Å². The molecule has 16 heteroatoms. The number of aromatic nitrogens is 3. The van der Waals surface area contributed by atoms with Crippen LogP contribution >= 0.6 is 23.8 Å². The van der Waals surface area contributed by atoms with E-state index in [1.54, 1.807) is 6.26 Å². The molecule has 0 radical (unpaired) electrons. The van der Waals surface area contributed by atoms with Crippen molar-refractivity contribution in [1.82, 2.24) is 14.8 Å². The topological polar surface area (TPSA) is 170 Å². The Morgan fingerprint density at radius 1 is 1.27 bits per heavy atom. The van der Waals surface area contributed by atoms with Crippen LogP contribution in [0, 0.1) is 0 Å². The summed E-state index contributed by atoms with van der Waals surface area (Å²) in [5.74, 6) is -0.289. The maximum Gasteiger partial charge on any atom is 0.296 e. The number of nitrogens with zero attached hydrogens (tertiary/aromatic N) is 3. The zero-order valence-corrected chi connectivity index (χ0v) is 16.3. The van der Waals surface area contributed by atoms with Gasteiger partial charge >= 0.3 is 0 Å². The molecule has 0 aliphatic heterocycles. The maximum absolute atomic E-state index is 11.7. The summed E-state index contributed by atoms with van der Waals surface area (Å²) in [5, 5.41) is 15.8. The Hall–Kier alpha value is -1.40. The third-order valence-electron chi connectivity index (χ3n) is 2.64. The van der Waals surface area contributed by atoms with Crippen molar-refractivity contribution in [2.24, 2.45) is 0 Å². The second kappa shape index (κ2) is 8.09. The number of nitrogens with one attached hydrogen (secondary N) is 1. The van der Waals surface area contributed by atoms with Gasteiger partial charge in [-0.1, -0.05) is 16.8 Å². The van der Waals surface area contributed by atoms with Crippen molar-refractivity contribution in [3.8, 4) is 5.69 Å². The van der Waals surface area contributed by atoms with Crippen molar-refractivity contribution in [3.05, 3.63) is 18.2 Å². The van der Waals surface area contributed by atoms with Crippen LogP contribution in [0.4, 0.5) is 5.95 Å². The number of benzene rings is 1. The summed E-state index contributed by atoms with van der Waals surface area (Å²) in [4.78, 5) is 3.64. The van der Waals surface area contributed by atoms with Crippen molar-refractivity contribution in [3.63, 3.8) is 0 Å². The Balaban J connectivity index is 2.70. The summed E-state index contributed by atoms with van der Waals surface area (Å²) >= 11 is 1.61. The molecule has 0 aliphatic rings. The predicted octanol–water partition coefficient (Wildman–Crippen LogP) is 1.04. The Labute approximate surface area is 156 Å². The molecule has 1 aromatic heterocycles. The van der Waals surface area contributed by atoms with E-state index in [0.717, 1.165) is 28.8 Å². The molecule has 3 N–H and O–H groups in total. The van der Waals surface area contributed by atoms with Crippen LogP contribution in [-0.2, 0) is 29.5 Å². The summed E-state index contributed by atoms with van der Waals surface area (Å²) in [6.07, 6.45) is 2.51. The van der Waals surface area contributed by atoms with Gasteiger partial charge in [0.15, 0.2) is 0 Å². The Morgan fingerprint density at radius 2 is 1.96 bits per heavy atom. The predicted molar refractivity (Wildman–Crippen MR) is 92.1 cm³/mol. The third kappa shape index (κ3) is 5.30. The molecule has 0 fully saturated rings. The van der Waals surface area contributed by atoms with Crippen molar-refractivity contribution in [2.75, 3.05) is 17.2 Å². The largest absolute Gasteiger partial charge is 0.296 e. The van der Waals surface area contributed by atoms with E-state index in [9.17, 15) is 21.4 Å².